The third kappa shape index (κ3) is 325. The first kappa shape index (κ1) is 9.64. The monoisotopic (exact) mass is 144 g/mol. The Bertz CT molecular complexity index is 15.5. The van der Waals surface area contributed by atoms with Crippen LogP contribution in [-0.4, -0.2) is 22.4 Å². The van der Waals surface area contributed by atoms with Crippen LogP contribution >= 0.6 is 0 Å². The SMILES string of the molecule is OB(O)O.[F][Cu]. The molecule has 0 bridgehead atoms. The molecule has 0 spiro atoms. The second-order valence-electron chi connectivity index (χ2n) is 0.346. The van der Waals surface area contributed by atoms with Gasteiger partial charge in [-0.1, -0.05) is 0 Å². The van der Waals surface area contributed by atoms with Crippen molar-refractivity contribution in [2.24, 2.45) is 0 Å². The Morgan fingerprint density at radius 1 is 1.17 bits per heavy atom. The third-order valence-electron chi connectivity index (χ3n) is 0. The van der Waals surface area contributed by atoms with E-state index in [0.717, 1.165) is 0 Å². The molecule has 0 unspecified atom stereocenters. The van der Waals surface area contributed by atoms with Gasteiger partial charge in [0.15, 0.2) is 0 Å². The van der Waals surface area contributed by atoms with Crippen LogP contribution in [-0.2, 0) is 16.5 Å². The van der Waals surface area contributed by atoms with E-state index in [1.165, 1.54) is 0 Å². The van der Waals surface area contributed by atoms with E-state index < -0.39 is 7.32 Å². The molecule has 0 heterocycles. The standard InChI is InChI=1S/BH3O3.Cu.FH/c2-1(3)4;;/h2-4H;;1H/q;+1;/p-1. The van der Waals surface area contributed by atoms with E-state index in [1.54, 1.807) is 0 Å². The van der Waals surface area contributed by atoms with Gasteiger partial charge in [0.1, 0.15) is 0 Å². The van der Waals surface area contributed by atoms with Gasteiger partial charge in [0, 0.05) is 0 Å². The summed E-state index contributed by atoms with van der Waals surface area (Å²) in [5, 5.41) is 21.5. The fourth-order valence-electron chi connectivity index (χ4n) is 0. The van der Waals surface area contributed by atoms with Gasteiger partial charge in [-0.15, -0.1) is 0 Å². The minimum atomic E-state index is -2.17. The molecule has 0 amide bonds. The van der Waals surface area contributed by atoms with Gasteiger partial charge in [0.25, 0.3) is 0 Å². The number of rotatable bonds is 0. The van der Waals surface area contributed by atoms with Gasteiger partial charge in [-0.3, -0.25) is 0 Å². The van der Waals surface area contributed by atoms with Crippen LogP contribution in [0.5, 0.6) is 0 Å². The van der Waals surface area contributed by atoms with E-state index in [-0.39, 0.29) is 0 Å². The van der Waals surface area contributed by atoms with Gasteiger partial charge in [-0.25, -0.2) is 0 Å². The van der Waals surface area contributed by atoms with Crippen molar-refractivity contribution >= 4 is 7.32 Å². The van der Waals surface area contributed by atoms with Crippen LogP contribution in [0.1, 0.15) is 0 Å². The molecule has 0 radical (unpaired) electrons. The van der Waals surface area contributed by atoms with Crippen molar-refractivity contribution in [1.82, 2.24) is 0 Å². The average molecular weight is 144 g/mol. The van der Waals surface area contributed by atoms with Crippen LogP contribution in [0.2, 0.25) is 0 Å². The first-order chi connectivity index (χ1) is 2.73. The summed E-state index contributed by atoms with van der Waals surface area (Å²) in [4.78, 5) is 0. The molecule has 0 atom stereocenters. The molecule has 0 rings (SSSR count). The van der Waals surface area contributed by atoms with Gasteiger partial charge in [0.05, 0.1) is 0 Å². The molecule has 0 fully saturated rings. The fourth-order valence-corrected chi connectivity index (χ4v) is 0. The van der Waals surface area contributed by atoms with Crippen molar-refractivity contribution in [2.75, 3.05) is 0 Å². The molecule has 0 saturated carbocycles. The van der Waals surface area contributed by atoms with Gasteiger partial charge < -0.3 is 15.1 Å². The van der Waals surface area contributed by atoms with E-state index in [4.69, 9.17) is 18.6 Å². The van der Waals surface area contributed by atoms with E-state index >= 15 is 0 Å². The second-order valence-corrected chi connectivity index (χ2v) is 0.346. The zero-order chi connectivity index (χ0) is 5.58. The van der Waals surface area contributed by atoms with Crippen molar-refractivity contribution in [3.63, 3.8) is 0 Å². The minimum absolute atomic E-state index is 2.17. The molecule has 6 heteroatoms. The Labute approximate surface area is 43.3 Å². The maximum absolute atomic E-state index is 9.06. The summed E-state index contributed by atoms with van der Waals surface area (Å²) in [6.45, 7) is 0. The maximum atomic E-state index is 9.06. The number of hydrogen-bond acceptors (Lipinski definition) is 3. The molecular weight excluding hydrogens is 141 g/mol. The Kier molecular flexibility index (Phi) is 14.5. The summed E-state index contributed by atoms with van der Waals surface area (Å²) in [5.74, 6) is 0. The van der Waals surface area contributed by atoms with Gasteiger partial charge >= 0.3 is 27.3 Å². The predicted molar refractivity (Wildman–Crippen MR) is 13.5 cm³/mol. The van der Waals surface area contributed by atoms with Crippen LogP contribution in [0, 0.1) is 0 Å². The number of hydrogen-bond donors (Lipinski definition) is 3. The van der Waals surface area contributed by atoms with E-state index in [0.29, 0.717) is 0 Å². The Morgan fingerprint density at radius 3 is 1.17 bits per heavy atom. The first-order valence-electron chi connectivity index (χ1n) is 0.889. The molecule has 0 aromatic carbocycles. The zero-order valence-corrected chi connectivity index (χ0v) is 3.54. The fraction of sp³-hybridized carbons (Fsp3) is 0. The molecule has 6 heavy (non-hydrogen) atoms. The Hall–Kier alpha value is 0.394. The van der Waals surface area contributed by atoms with Crippen LogP contribution < -0.4 is 0 Å². The molecule has 42 valence electrons. The normalized spacial score (nSPS) is 5.67. The Balaban J connectivity index is 0. The number of halogens is 1. The third-order valence-corrected chi connectivity index (χ3v) is 0. The van der Waals surface area contributed by atoms with Crippen molar-refractivity contribution in [2.45, 2.75) is 0 Å². The predicted octanol–water partition coefficient (Wildman–Crippen LogP) is -1.63. The van der Waals surface area contributed by atoms with Gasteiger partial charge in [-0.2, -0.15) is 0 Å². The molecule has 0 aromatic heterocycles. The van der Waals surface area contributed by atoms with E-state index in [9.17, 15) is 0 Å². The summed E-state index contributed by atoms with van der Waals surface area (Å²) in [6.07, 6.45) is 0. The second kappa shape index (κ2) is 9.04. The molecule has 0 aliphatic carbocycles. The van der Waals surface area contributed by atoms with Crippen molar-refractivity contribution in [3.05, 3.63) is 0 Å². The Morgan fingerprint density at radius 2 is 1.17 bits per heavy atom. The first-order valence-corrected chi connectivity index (χ1v) is 1.24. The molecule has 0 aliphatic heterocycles. The van der Waals surface area contributed by atoms with Gasteiger partial charge in [0.2, 0.25) is 0 Å². The molecule has 0 aromatic rings. The van der Waals surface area contributed by atoms with Crippen LogP contribution in [0.25, 0.3) is 0 Å². The van der Waals surface area contributed by atoms with E-state index in [1.807, 2.05) is 0 Å². The zero-order valence-electron chi connectivity index (χ0n) is 2.60. The molecular formula is H3BCuFO3. The summed E-state index contributed by atoms with van der Waals surface area (Å²) < 4.78 is 9.06. The van der Waals surface area contributed by atoms with Crippen LogP contribution in [0.15, 0.2) is 0 Å². The average Bonchev–Trinajstić information content (AvgIpc) is 1.41. The summed E-state index contributed by atoms with van der Waals surface area (Å²) >= 11 is 2.69. The topological polar surface area (TPSA) is 60.7 Å². The van der Waals surface area contributed by atoms with Crippen molar-refractivity contribution < 1.29 is 35.1 Å². The van der Waals surface area contributed by atoms with Crippen LogP contribution in [0.3, 0.4) is 0 Å². The molecule has 3 nitrogen and oxygen atoms in total. The summed E-state index contributed by atoms with van der Waals surface area (Å²) in [5.41, 5.74) is 0. The van der Waals surface area contributed by atoms with Crippen LogP contribution in [0.4, 0.5) is 3.55 Å². The van der Waals surface area contributed by atoms with E-state index in [2.05, 4.69) is 16.5 Å². The molecule has 0 aliphatic rings. The van der Waals surface area contributed by atoms with Gasteiger partial charge in [-0.05, 0) is 0 Å². The summed E-state index contributed by atoms with van der Waals surface area (Å²) in [6, 6.07) is 0. The van der Waals surface area contributed by atoms with Crippen molar-refractivity contribution in [3.8, 4) is 0 Å². The quantitative estimate of drug-likeness (QED) is 0.358. The molecule has 3 N–H and O–H groups in total. The molecule has 0 saturated heterocycles. The van der Waals surface area contributed by atoms with Crippen molar-refractivity contribution in [1.29, 1.82) is 0 Å². The summed E-state index contributed by atoms with van der Waals surface area (Å²) in [7, 11) is -2.17.